The van der Waals surface area contributed by atoms with Crippen molar-refractivity contribution in [2.24, 2.45) is 0 Å². The molecule has 0 spiro atoms. The lowest BCUT2D eigenvalue weighted by molar-refractivity contribution is 0.243. The topological polar surface area (TPSA) is 41.1 Å². The summed E-state index contributed by atoms with van der Waals surface area (Å²) in [5.41, 5.74) is 0.984. The van der Waals surface area contributed by atoms with Gasteiger partial charge in [0.1, 0.15) is 0 Å². The van der Waals surface area contributed by atoms with Crippen molar-refractivity contribution in [2.45, 2.75) is 25.3 Å². The van der Waals surface area contributed by atoms with Crippen molar-refractivity contribution in [2.75, 3.05) is 6.54 Å². The third kappa shape index (κ3) is 1.82. The van der Waals surface area contributed by atoms with Crippen LogP contribution in [0.2, 0.25) is 0 Å². The molecule has 80 valence electrons. The molecule has 1 fully saturated rings. The lowest BCUT2D eigenvalue weighted by atomic mass is 9.86. The van der Waals surface area contributed by atoms with E-state index in [1.165, 1.54) is 5.56 Å². The molecule has 0 bridgehead atoms. The zero-order valence-electron chi connectivity index (χ0n) is 8.92. The average Bonchev–Trinajstić information content (AvgIpc) is 2.63. The van der Waals surface area contributed by atoms with Gasteiger partial charge in [0.15, 0.2) is 0 Å². The Hall–Kier alpha value is -1.51. The zero-order chi connectivity index (χ0) is 10.7. The highest BCUT2D eigenvalue weighted by atomic mass is 16.2. The van der Waals surface area contributed by atoms with E-state index < -0.39 is 0 Å². The molecule has 15 heavy (non-hydrogen) atoms. The highest BCUT2D eigenvalue weighted by Gasteiger charge is 2.37. The van der Waals surface area contributed by atoms with Gasteiger partial charge >= 0.3 is 6.03 Å². The van der Waals surface area contributed by atoms with Crippen LogP contribution in [-0.4, -0.2) is 12.6 Å². The lowest BCUT2D eigenvalue weighted by Crippen LogP contribution is -2.40. The van der Waals surface area contributed by atoms with Gasteiger partial charge in [-0.2, -0.15) is 0 Å². The summed E-state index contributed by atoms with van der Waals surface area (Å²) in [6.45, 7) is 2.82. The van der Waals surface area contributed by atoms with E-state index in [0.717, 1.165) is 12.8 Å². The fourth-order valence-electron chi connectivity index (χ4n) is 2.19. The quantitative estimate of drug-likeness (QED) is 0.776. The van der Waals surface area contributed by atoms with Crippen molar-refractivity contribution in [1.82, 2.24) is 10.6 Å². The monoisotopic (exact) mass is 204 g/mol. The van der Waals surface area contributed by atoms with E-state index >= 15 is 0 Å². The summed E-state index contributed by atoms with van der Waals surface area (Å²) in [5, 5.41) is 5.88. The fraction of sp³-hybridized carbons (Fsp3) is 0.417. The molecule has 3 nitrogen and oxygen atoms in total. The SMILES string of the molecule is CCCC1(c2ccccc2)CNC(=O)N1. The molecule has 3 heteroatoms. The van der Waals surface area contributed by atoms with Crippen molar-refractivity contribution in [3.05, 3.63) is 35.9 Å². The first-order valence-corrected chi connectivity index (χ1v) is 5.38. The Morgan fingerprint density at radius 3 is 2.60 bits per heavy atom. The predicted molar refractivity (Wildman–Crippen MR) is 59.6 cm³/mol. The molecule has 2 amide bonds. The number of carbonyl (C=O) groups is 1. The molecule has 1 aliphatic heterocycles. The Bertz CT molecular complexity index is 350. The molecular formula is C12H16N2O. The molecule has 1 heterocycles. The Balaban J connectivity index is 2.31. The molecule has 1 saturated heterocycles. The summed E-state index contributed by atoms with van der Waals surface area (Å²) in [6.07, 6.45) is 2.02. The first kappa shape index (κ1) is 10.0. The maximum Gasteiger partial charge on any atom is 0.315 e. The van der Waals surface area contributed by atoms with Crippen LogP contribution in [0.4, 0.5) is 4.79 Å². The molecule has 0 saturated carbocycles. The Morgan fingerprint density at radius 1 is 1.33 bits per heavy atom. The number of urea groups is 1. The largest absolute Gasteiger partial charge is 0.335 e. The van der Waals surface area contributed by atoms with Gasteiger partial charge in [0.25, 0.3) is 0 Å². The summed E-state index contributed by atoms with van der Waals surface area (Å²) in [6, 6.07) is 10.1. The third-order valence-electron chi connectivity index (χ3n) is 2.91. The van der Waals surface area contributed by atoms with Crippen molar-refractivity contribution >= 4 is 6.03 Å². The summed E-state index contributed by atoms with van der Waals surface area (Å²) >= 11 is 0. The van der Waals surface area contributed by atoms with Gasteiger partial charge in [0.05, 0.1) is 5.54 Å². The number of carbonyl (C=O) groups excluding carboxylic acids is 1. The lowest BCUT2D eigenvalue weighted by Gasteiger charge is -2.28. The second-order valence-electron chi connectivity index (χ2n) is 4.01. The van der Waals surface area contributed by atoms with Crippen LogP contribution < -0.4 is 10.6 Å². The van der Waals surface area contributed by atoms with Gasteiger partial charge in [0, 0.05) is 6.54 Å². The summed E-state index contributed by atoms with van der Waals surface area (Å²) in [4.78, 5) is 11.3. The number of benzene rings is 1. The first-order chi connectivity index (χ1) is 7.27. The zero-order valence-corrected chi connectivity index (χ0v) is 8.92. The molecule has 1 aromatic carbocycles. The molecule has 0 radical (unpaired) electrons. The van der Waals surface area contributed by atoms with Gasteiger partial charge in [-0.05, 0) is 12.0 Å². The molecule has 0 aromatic heterocycles. The van der Waals surface area contributed by atoms with Gasteiger partial charge in [-0.25, -0.2) is 4.79 Å². The van der Waals surface area contributed by atoms with E-state index in [1.807, 2.05) is 18.2 Å². The molecule has 1 unspecified atom stereocenters. The van der Waals surface area contributed by atoms with E-state index in [2.05, 4.69) is 29.7 Å². The maximum atomic E-state index is 11.3. The number of hydrogen-bond donors (Lipinski definition) is 2. The van der Waals surface area contributed by atoms with Gasteiger partial charge < -0.3 is 10.6 Å². The van der Waals surface area contributed by atoms with Crippen LogP contribution in [0.15, 0.2) is 30.3 Å². The van der Waals surface area contributed by atoms with E-state index in [-0.39, 0.29) is 11.6 Å². The highest BCUT2D eigenvalue weighted by Crippen LogP contribution is 2.28. The normalized spacial score (nSPS) is 24.7. The Kier molecular flexibility index (Phi) is 2.62. The second-order valence-corrected chi connectivity index (χ2v) is 4.01. The van der Waals surface area contributed by atoms with Crippen molar-refractivity contribution in [3.63, 3.8) is 0 Å². The average molecular weight is 204 g/mol. The van der Waals surface area contributed by atoms with Crippen LogP contribution in [0.25, 0.3) is 0 Å². The minimum absolute atomic E-state index is 0.0627. The Labute approximate surface area is 89.9 Å². The predicted octanol–water partition coefficient (Wildman–Crippen LogP) is 1.99. The van der Waals surface area contributed by atoms with Gasteiger partial charge in [0.2, 0.25) is 0 Å². The van der Waals surface area contributed by atoms with E-state index in [9.17, 15) is 4.79 Å². The van der Waals surface area contributed by atoms with E-state index in [1.54, 1.807) is 0 Å². The maximum absolute atomic E-state index is 11.3. The van der Waals surface area contributed by atoms with Crippen LogP contribution in [0, 0.1) is 0 Å². The number of hydrogen-bond acceptors (Lipinski definition) is 1. The van der Waals surface area contributed by atoms with Crippen molar-refractivity contribution < 1.29 is 4.79 Å². The molecule has 2 N–H and O–H groups in total. The summed E-state index contributed by atoms with van der Waals surface area (Å²) in [7, 11) is 0. The molecule has 0 aliphatic carbocycles. The Morgan fingerprint density at radius 2 is 2.07 bits per heavy atom. The standard InChI is InChI=1S/C12H16N2O/c1-2-8-12(9-13-11(15)14-12)10-6-4-3-5-7-10/h3-7H,2,8-9H2,1H3,(H2,13,14,15). The number of rotatable bonds is 3. The van der Waals surface area contributed by atoms with E-state index in [4.69, 9.17) is 0 Å². The van der Waals surface area contributed by atoms with Crippen LogP contribution in [-0.2, 0) is 5.54 Å². The molecular weight excluding hydrogens is 188 g/mol. The minimum Gasteiger partial charge on any atom is -0.335 e. The van der Waals surface area contributed by atoms with Crippen LogP contribution in [0.1, 0.15) is 25.3 Å². The van der Waals surface area contributed by atoms with Gasteiger partial charge in [-0.1, -0.05) is 43.7 Å². The van der Waals surface area contributed by atoms with Crippen LogP contribution >= 0.6 is 0 Å². The van der Waals surface area contributed by atoms with Gasteiger partial charge in [-0.15, -0.1) is 0 Å². The molecule has 2 rings (SSSR count). The van der Waals surface area contributed by atoms with E-state index in [0.29, 0.717) is 6.54 Å². The minimum atomic E-state index is -0.201. The van der Waals surface area contributed by atoms with Crippen molar-refractivity contribution in [1.29, 1.82) is 0 Å². The second kappa shape index (κ2) is 3.93. The first-order valence-electron chi connectivity index (χ1n) is 5.38. The van der Waals surface area contributed by atoms with Gasteiger partial charge in [-0.3, -0.25) is 0 Å². The smallest absolute Gasteiger partial charge is 0.315 e. The third-order valence-corrected chi connectivity index (χ3v) is 2.91. The summed E-state index contributed by atoms with van der Waals surface area (Å²) in [5.74, 6) is 0. The van der Waals surface area contributed by atoms with Crippen LogP contribution in [0.5, 0.6) is 0 Å². The number of amides is 2. The van der Waals surface area contributed by atoms with Crippen molar-refractivity contribution in [3.8, 4) is 0 Å². The fourth-order valence-corrected chi connectivity index (χ4v) is 2.19. The van der Waals surface area contributed by atoms with Crippen LogP contribution in [0.3, 0.4) is 0 Å². The summed E-state index contributed by atoms with van der Waals surface area (Å²) < 4.78 is 0. The molecule has 1 aliphatic rings. The molecule has 1 atom stereocenters. The number of nitrogens with one attached hydrogen (secondary N) is 2. The molecule has 1 aromatic rings. The highest BCUT2D eigenvalue weighted by molar-refractivity contribution is 5.78.